The van der Waals surface area contributed by atoms with Crippen LogP contribution in [0.2, 0.25) is 5.02 Å². The first-order valence-corrected chi connectivity index (χ1v) is 5.87. The molecule has 2 aromatic rings. The van der Waals surface area contributed by atoms with Crippen molar-refractivity contribution in [3.05, 3.63) is 69.0 Å². The lowest BCUT2D eigenvalue weighted by Gasteiger charge is -2.08. The van der Waals surface area contributed by atoms with Gasteiger partial charge in [0.1, 0.15) is 11.5 Å². The molecule has 0 saturated carbocycles. The van der Waals surface area contributed by atoms with E-state index in [1.807, 2.05) is 30.3 Å². The average molecular weight is 281 g/mol. The van der Waals surface area contributed by atoms with Crippen LogP contribution in [0.4, 0.5) is 15.8 Å². The van der Waals surface area contributed by atoms with Crippen molar-refractivity contribution in [2.24, 2.45) is 0 Å². The molecule has 0 spiro atoms. The molecule has 0 aliphatic heterocycles. The van der Waals surface area contributed by atoms with E-state index < -0.39 is 10.7 Å². The van der Waals surface area contributed by atoms with Gasteiger partial charge in [0.15, 0.2) is 0 Å². The Morgan fingerprint density at radius 3 is 2.58 bits per heavy atom. The molecular weight excluding hydrogens is 271 g/mol. The molecule has 0 saturated heterocycles. The largest absolute Gasteiger partial charge is 0.375 e. The second-order valence-corrected chi connectivity index (χ2v) is 4.29. The number of anilines is 1. The van der Waals surface area contributed by atoms with Crippen LogP contribution in [0.3, 0.4) is 0 Å². The first-order chi connectivity index (χ1) is 9.08. The standard InChI is InChI=1S/C13H10ClFN2O2/c14-10-6-12(13(17(18)19)7-11(10)15)16-8-9-4-2-1-3-5-9/h1-7,16H,8H2. The number of nitrogens with zero attached hydrogens (tertiary/aromatic N) is 1. The summed E-state index contributed by atoms with van der Waals surface area (Å²) in [6.45, 7) is 0.393. The van der Waals surface area contributed by atoms with Gasteiger partial charge in [0.25, 0.3) is 5.69 Å². The van der Waals surface area contributed by atoms with E-state index in [0.29, 0.717) is 6.54 Å². The normalized spacial score (nSPS) is 10.2. The molecule has 98 valence electrons. The van der Waals surface area contributed by atoms with E-state index in [1.54, 1.807) is 0 Å². The van der Waals surface area contributed by atoms with Crippen molar-refractivity contribution in [3.63, 3.8) is 0 Å². The lowest BCUT2D eigenvalue weighted by atomic mass is 10.2. The van der Waals surface area contributed by atoms with E-state index in [9.17, 15) is 14.5 Å². The van der Waals surface area contributed by atoms with E-state index in [1.165, 1.54) is 6.07 Å². The van der Waals surface area contributed by atoms with Crippen molar-refractivity contribution in [3.8, 4) is 0 Å². The van der Waals surface area contributed by atoms with Crippen LogP contribution >= 0.6 is 11.6 Å². The van der Waals surface area contributed by atoms with Gasteiger partial charge in [0.05, 0.1) is 16.0 Å². The SMILES string of the molecule is O=[N+]([O-])c1cc(F)c(Cl)cc1NCc1ccccc1. The van der Waals surface area contributed by atoms with Crippen LogP contribution in [-0.4, -0.2) is 4.92 Å². The van der Waals surface area contributed by atoms with E-state index in [2.05, 4.69) is 5.32 Å². The van der Waals surface area contributed by atoms with Gasteiger partial charge in [0, 0.05) is 6.54 Å². The van der Waals surface area contributed by atoms with E-state index in [-0.39, 0.29) is 16.4 Å². The molecule has 6 heteroatoms. The Bertz CT molecular complexity index is 605. The number of benzene rings is 2. The van der Waals surface area contributed by atoms with Crippen molar-refractivity contribution in [2.45, 2.75) is 6.54 Å². The quantitative estimate of drug-likeness (QED) is 0.680. The minimum atomic E-state index is -0.807. The predicted octanol–water partition coefficient (Wildman–Crippen LogP) is 4.00. The van der Waals surface area contributed by atoms with Crippen LogP contribution in [0.5, 0.6) is 0 Å². The highest BCUT2D eigenvalue weighted by molar-refractivity contribution is 6.31. The molecule has 0 heterocycles. The minimum absolute atomic E-state index is 0.152. The van der Waals surface area contributed by atoms with Gasteiger partial charge in [-0.1, -0.05) is 41.9 Å². The Labute approximate surface area is 114 Å². The van der Waals surface area contributed by atoms with Gasteiger partial charge >= 0.3 is 0 Å². The summed E-state index contributed by atoms with van der Waals surface area (Å²) in [6.07, 6.45) is 0. The van der Waals surface area contributed by atoms with Gasteiger partial charge in [-0.3, -0.25) is 10.1 Å². The van der Waals surface area contributed by atoms with Crippen molar-refractivity contribution in [1.82, 2.24) is 0 Å². The molecule has 4 nitrogen and oxygen atoms in total. The van der Waals surface area contributed by atoms with E-state index in [4.69, 9.17) is 11.6 Å². The smallest absolute Gasteiger partial charge is 0.295 e. The van der Waals surface area contributed by atoms with Gasteiger partial charge in [-0.2, -0.15) is 0 Å². The summed E-state index contributed by atoms with van der Waals surface area (Å²) < 4.78 is 13.2. The first-order valence-electron chi connectivity index (χ1n) is 5.49. The average Bonchev–Trinajstić information content (AvgIpc) is 2.40. The number of nitro benzene ring substituents is 1. The van der Waals surface area contributed by atoms with E-state index >= 15 is 0 Å². The number of nitrogens with one attached hydrogen (secondary N) is 1. The molecule has 1 N–H and O–H groups in total. The zero-order chi connectivity index (χ0) is 13.8. The first kappa shape index (κ1) is 13.3. The third-order valence-corrected chi connectivity index (χ3v) is 2.85. The highest BCUT2D eigenvalue weighted by atomic mass is 35.5. The van der Waals surface area contributed by atoms with Gasteiger partial charge in [-0.25, -0.2) is 4.39 Å². The number of hydrogen-bond donors (Lipinski definition) is 1. The summed E-state index contributed by atoms with van der Waals surface area (Å²) in [5.74, 6) is -0.807. The number of nitro groups is 1. The molecular formula is C13H10ClFN2O2. The molecule has 0 amide bonds. The zero-order valence-electron chi connectivity index (χ0n) is 9.77. The van der Waals surface area contributed by atoms with Crippen LogP contribution < -0.4 is 5.32 Å². The summed E-state index contributed by atoms with van der Waals surface area (Å²) in [4.78, 5) is 10.2. The summed E-state index contributed by atoms with van der Waals surface area (Å²) in [6, 6.07) is 11.4. The molecule has 2 rings (SSSR count). The summed E-state index contributed by atoms with van der Waals surface area (Å²) in [5.41, 5.74) is 0.815. The van der Waals surface area contributed by atoms with Crippen molar-refractivity contribution in [1.29, 1.82) is 0 Å². The Morgan fingerprint density at radius 2 is 1.95 bits per heavy atom. The lowest BCUT2D eigenvalue weighted by molar-refractivity contribution is -0.384. The second kappa shape index (κ2) is 5.67. The minimum Gasteiger partial charge on any atom is -0.375 e. The van der Waals surface area contributed by atoms with E-state index in [0.717, 1.165) is 11.6 Å². The van der Waals surface area contributed by atoms with Crippen LogP contribution in [0.25, 0.3) is 0 Å². The molecule has 19 heavy (non-hydrogen) atoms. The number of rotatable bonds is 4. The molecule has 0 unspecified atom stereocenters. The Morgan fingerprint density at radius 1 is 1.26 bits per heavy atom. The summed E-state index contributed by atoms with van der Waals surface area (Å²) in [7, 11) is 0. The Kier molecular flexibility index (Phi) is 3.97. The van der Waals surface area contributed by atoms with Crippen molar-refractivity contribution in [2.75, 3.05) is 5.32 Å². The number of halogens is 2. The molecule has 0 aliphatic carbocycles. The van der Waals surface area contributed by atoms with Gasteiger partial charge in [0.2, 0.25) is 0 Å². The lowest BCUT2D eigenvalue weighted by Crippen LogP contribution is -2.03. The third kappa shape index (κ3) is 3.20. The monoisotopic (exact) mass is 280 g/mol. The fourth-order valence-corrected chi connectivity index (χ4v) is 1.79. The molecule has 0 fully saturated rings. The molecule has 0 radical (unpaired) electrons. The fourth-order valence-electron chi connectivity index (χ4n) is 1.62. The Hall–Kier alpha value is -2.14. The topological polar surface area (TPSA) is 55.2 Å². The van der Waals surface area contributed by atoms with Gasteiger partial charge in [-0.05, 0) is 11.6 Å². The van der Waals surface area contributed by atoms with Gasteiger partial charge < -0.3 is 5.32 Å². The Balaban J connectivity index is 2.24. The molecule has 0 atom stereocenters. The van der Waals surface area contributed by atoms with Crippen molar-refractivity contribution < 1.29 is 9.31 Å². The maximum absolute atomic E-state index is 13.2. The highest BCUT2D eigenvalue weighted by Crippen LogP contribution is 2.30. The third-order valence-electron chi connectivity index (χ3n) is 2.56. The summed E-state index contributed by atoms with van der Waals surface area (Å²) in [5, 5.41) is 13.6. The maximum atomic E-state index is 13.2. The molecule has 0 aliphatic rings. The van der Waals surface area contributed by atoms with Crippen LogP contribution in [-0.2, 0) is 6.54 Å². The molecule has 2 aromatic carbocycles. The van der Waals surface area contributed by atoms with Crippen LogP contribution in [0, 0.1) is 15.9 Å². The maximum Gasteiger partial charge on any atom is 0.295 e. The van der Waals surface area contributed by atoms with Gasteiger partial charge in [-0.15, -0.1) is 0 Å². The molecule has 0 aromatic heterocycles. The van der Waals surface area contributed by atoms with Crippen LogP contribution in [0.1, 0.15) is 5.56 Å². The second-order valence-electron chi connectivity index (χ2n) is 3.88. The van der Waals surface area contributed by atoms with Crippen molar-refractivity contribution >= 4 is 23.0 Å². The summed E-state index contributed by atoms with van der Waals surface area (Å²) >= 11 is 5.63. The fraction of sp³-hybridized carbons (Fsp3) is 0.0769. The number of hydrogen-bond acceptors (Lipinski definition) is 3. The van der Waals surface area contributed by atoms with Crippen LogP contribution in [0.15, 0.2) is 42.5 Å². The zero-order valence-corrected chi connectivity index (χ0v) is 10.5. The highest BCUT2D eigenvalue weighted by Gasteiger charge is 2.17. The molecule has 0 bridgehead atoms. The predicted molar refractivity (Wildman–Crippen MR) is 71.8 cm³/mol.